The van der Waals surface area contributed by atoms with Crippen LogP contribution in [0.3, 0.4) is 0 Å². The molecule has 0 spiro atoms. The molecule has 2 heterocycles. The van der Waals surface area contributed by atoms with Crippen LogP contribution in [0.2, 0.25) is 28.2 Å². The molecular weight excluding hydrogens is 665 g/mol. The molecule has 3 aromatic carbocycles. The van der Waals surface area contributed by atoms with Crippen molar-refractivity contribution in [2.24, 2.45) is 0 Å². The van der Waals surface area contributed by atoms with Gasteiger partial charge in [0.25, 0.3) is 0 Å². The van der Waals surface area contributed by atoms with Crippen molar-refractivity contribution in [1.29, 1.82) is 0 Å². The fourth-order valence-corrected chi connectivity index (χ4v) is 7.59. The molecule has 0 radical (unpaired) electrons. The Morgan fingerprint density at radius 2 is 1.72 bits per heavy atom. The summed E-state index contributed by atoms with van der Waals surface area (Å²) >= 11 is 12.5. The lowest BCUT2D eigenvalue weighted by atomic mass is 9.89. The number of hydrogen-bond acceptors (Lipinski definition) is 6. The topological polar surface area (TPSA) is 71.5 Å². The van der Waals surface area contributed by atoms with E-state index in [1.165, 1.54) is 0 Å². The minimum absolute atomic E-state index is 0.0490. The Morgan fingerprint density at radius 1 is 1.02 bits per heavy atom. The number of benzene rings is 3. The average molecular weight is 708 g/mol. The number of carbonyl (C=O) groups excluding carboxylic acids is 1. The molecule has 254 valence electrons. The van der Waals surface area contributed by atoms with Gasteiger partial charge >= 0.3 is 0 Å². The number of amides is 1. The van der Waals surface area contributed by atoms with Crippen LogP contribution in [-0.2, 0) is 22.2 Å². The van der Waals surface area contributed by atoms with E-state index in [1.54, 1.807) is 29.0 Å². The number of aliphatic hydroxyl groups is 1. The van der Waals surface area contributed by atoms with Gasteiger partial charge in [-0.2, -0.15) is 0 Å². The van der Waals surface area contributed by atoms with Crippen molar-refractivity contribution in [3.05, 3.63) is 81.3 Å². The number of halogens is 4. The Hall–Kier alpha value is -2.89. The lowest BCUT2D eigenvalue weighted by Crippen LogP contribution is -2.63. The summed E-state index contributed by atoms with van der Waals surface area (Å²) in [5.41, 5.74) is 0.900. The summed E-state index contributed by atoms with van der Waals surface area (Å²) in [4.78, 5) is 16.5. The van der Waals surface area contributed by atoms with Crippen LogP contribution in [0.5, 0.6) is 11.5 Å². The van der Waals surface area contributed by atoms with Gasteiger partial charge in [-0.25, -0.2) is 8.78 Å². The monoisotopic (exact) mass is 706 g/mol. The predicted molar refractivity (Wildman–Crippen MR) is 185 cm³/mol. The maximum Gasteiger partial charge on any atom is 0.227 e. The van der Waals surface area contributed by atoms with E-state index < -0.39 is 31.7 Å². The van der Waals surface area contributed by atoms with Crippen molar-refractivity contribution in [3.8, 4) is 11.5 Å². The molecule has 0 aliphatic carbocycles. The number of carbonyl (C=O) groups is 1. The minimum atomic E-state index is -2.45. The molecule has 0 saturated carbocycles. The van der Waals surface area contributed by atoms with Gasteiger partial charge in [0, 0.05) is 31.1 Å². The van der Waals surface area contributed by atoms with E-state index in [2.05, 4.69) is 33.9 Å². The lowest BCUT2D eigenvalue weighted by molar-refractivity contribution is -0.119. The van der Waals surface area contributed by atoms with Crippen LogP contribution >= 0.6 is 23.2 Å². The van der Waals surface area contributed by atoms with Gasteiger partial charge in [0.05, 0.1) is 41.2 Å². The van der Waals surface area contributed by atoms with E-state index >= 15 is 0 Å². The zero-order chi connectivity index (χ0) is 34.3. The molecule has 2 atom stereocenters. The van der Waals surface area contributed by atoms with Gasteiger partial charge in [-0.1, -0.05) is 56.1 Å². The largest absolute Gasteiger partial charge is 0.497 e. The van der Waals surface area contributed by atoms with Crippen LogP contribution < -0.4 is 19.3 Å². The third-order valence-corrected chi connectivity index (χ3v) is 14.8. The van der Waals surface area contributed by atoms with Crippen molar-refractivity contribution in [2.75, 3.05) is 36.6 Å². The van der Waals surface area contributed by atoms with Crippen LogP contribution in [0.25, 0.3) is 0 Å². The van der Waals surface area contributed by atoms with Crippen LogP contribution in [0, 0.1) is 11.6 Å². The van der Waals surface area contributed by atoms with Gasteiger partial charge in [-0.15, -0.1) is 0 Å². The van der Waals surface area contributed by atoms with Crippen molar-refractivity contribution in [3.63, 3.8) is 0 Å². The van der Waals surface area contributed by atoms with E-state index in [-0.39, 0.29) is 54.2 Å². The minimum Gasteiger partial charge on any atom is -0.497 e. The Kier molecular flexibility index (Phi) is 10.2. The second-order valence-corrected chi connectivity index (χ2v) is 19.4. The molecule has 7 nitrogen and oxygen atoms in total. The Labute approximate surface area is 286 Å². The molecule has 1 saturated heterocycles. The summed E-state index contributed by atoms with van der Waals surface area (Å²) in [5, 5.41) is 12.2. The number of ether oxygens (including phenoxy) is 2. The van der Waals surface area contributed by atoms with E-state index in [1.807, 2.05) is 24.3 Å². The van der Waals surface area contributed by atoms with Gasteiger partial charge in [0.15, 0.2) is 8.32 Å². The quantitative estimate of drug-likeness (QED) is 0.179. The first-order valence-corrected chi connectivity index (χ1v) is 19.4. The maximum atomic E-state index is 15.0. The number of fused-ring (bicyclic) bond motifs is 1. The first kappa shape index (κ1) is 35.4. The third kappa shape index (κ3) is 7.42. The number of anilines is 2. The highest BCUT2D eigenvalue weighted by molar-refractivity contribution is 6.74. The molecule has 0 aromatic heterocycles. The normalized spacial score (nSPS) is 20.3. The standard InChI is InChI=1S/C35H42Cl2F2N2O5Si/c1-34(2,3)47(5,6)46-31-20-40(29-18-27(38)26(37)17-28(29)39)16-15-35(31,43)21-45-30-13-12-25(36)33-24(30)11-14-32(42)41(33)19-22-7-9-23(44-4)10-8-22/h7-10,12-13,17-18,31,43H,11,14-16,19-21H2,1-6H3/t31-,35-/m1/s1. The second kappa shape index (κ2) is 13.5. The molecule has 3 aromatic rings. The zero-order valence-corrected chi connectivity index (χ0v) is 30.1. The van der Waals surface area contributed by atoms with Gasteiger partial charge < -0.3 is 28.8 Å². The van der Waals surface area contributed by atoms with Crippen molar-refractivity contribution >= 4 is 48.8 Å². The number of nitrogens with zero attached hydrogens (tertiary/aromatic N) is 2. The number of hydrogen-bond donors (Lipinski definition) is 1. The second-order valence-electron chi connectivity index (χ2n) is 13.9. The van der Waals surface area contributed by atoms with Gasteiger partial charge in [-0.3, -0.25) is 4.79 Å². The Morgan fingerprint density at radius 3 is 2.38 bits per heavy atom. The molecule has 2 aliphatic rings. The molecule has 2 aliphatic heterocycles. The fourth-order valence-electron chi connectivity index (χ4n) is 5.80. The first-order chi connectivity index (χ1) is 22.0. The maximum absolute atomic E-state index is 15.0. The number of methoxy groups -OCH3 is 1. The fraction of sp³-hybridized carbons (Fsp3) is 0.457. The van der Waals surface area contributed by atoms with Gasteiger partial charge in [0.1, 0.15) is 35.3 Å². The van der Waals surface area contributed by atoms with E-state index in [9.17, 15) is 18.7 Å². The summed E-state index contributed by atoms with van der Waals surface area (Å²) in [6.07, 6.45) is 0.111. The number of rotatable bonds is 9. The molecule has 1 N–H and O–H groups in total. The molecule has 0 bridgehead atoms. The van der Waals surface area contributed by atoms with Crippen LogP contribution in [0.15, 0.2) is 48.5 Å². The van der Waals surface area contributed by atoms with E-state index in [4.69, 9.17) is 37.1 Å². The van der Waals surface area contributed by atoms with Crippen molar-refractivity contribution in [1.82, 2.24) is 0 Å². The summed E-state index contributed by atoms with van der Waals surface area (Å²) in [6, 6.07) is 13.0. The highest BCUT2D eigenvalue weighted by Gasteiger charge is 2.49. The molecule has 0 unspecified atom stereocenters. The summed E-state index contributed by atoms with van der Waals surface area (Å²) in [7, 11) is -0.845. The highest BCUT2D eigenvalue weighted by Crippen LogP contribution is 2.43. The SMILES string of the molecule is COc1ccc(CN2C(=O)CCc3c(OC[C@]4(O)CCN(c5cc(F)c(Cl)cc5F)C[C@H]4O[Si](C)(C)C(C)(C)C)ccc(Cl)c32)cc1. The average Bonchev–Trinajstić information content (AvgIpc) is 3.01. The molecule has 1 fully saturated rings. The lowest BCUT2D eigenvalue weighted by Gasteiger charge is -2.49. The molecule has 1 amide bonds. The van der Waals surface area contributed by atoms with Gasteiger partial charge in [-0.05, 0) is 66.9 Å². The van der Waals surface area contributed by atoms with Crippen LogP contribution in [0.4, 0.5) is 20.2 Å². The molecule has 5 rings (SSSR count). The summed E-state index contributed by atoms with van der Waals surface area (Å²) < 4.78 is 47.9. The van der Waals surface area contributed by atoms with Crippen LogP contribution in [0.1, 0.15) is 44.7 Å². The number of piperidine rings is 1. The van der Waals surface area contributed by atoms with Crippen molar-refractivity contribution < 1.29 is 32.6 Å². The third-order valence-electron chi connectivity index (χ3n) is 9.70. The first-order valence-electron chi connectivity index (χ1n) is 15.7. The van der Waals surface area contributed by atoms with E-state index in [0.717, 1.165) is 29.0 Å². The Bertz CT molecular complexity index is 1640. The summed E-state index contributed by atoms with van der Waals surface area (Å²) in [6.45, 7) is 11.0. The predicted octanol–water partition coefficient (Wildman–Crippen LogP) is 8.17. The van der Waals surface area contributed by atoms with Gasteiger partial charge in [0.2, 0.25) is 5.91 Å². The zero-order valence-electron chi connectivity index (χ0n) is 27.6. The van der Waals surface area contributed by atoms with Crippen molar-refractivity contribution in [2.45, 2.75) is 76.4 Å². The summed E-state index contributed by atoms with van der Waals surface area (Å²) in [5.74, 6) is -0.179. The highest BCUT2D eigenvalue weighted by atomic mass is 35.5. The molecule has 47 heavy (non-hydrogen) atoms. The smallest absolute Gasteiger partial charge is 0.227 e. The van der Waals surface area contributed by atoms with Crippen LogP contribution in [-0.4, -0.2) is 57.8 Å². The molecular formula is C35H42Cl2F2N2O5Si. The van der Waals surface area contributed by atoms with E-state index in [0.29, 0.717) is 29.4 Å². The Balaban J connectivity index is 1.42. The molecule has 12 heteroatoms.